The molecule has 0 atom stereocenters. The van der Waals surface area contributed by atoms with Crippen LogP contribution in [0.4, 0.5) is 17.6 Å². The van der Waals surface area contributed by atoms with Crippen LogP contribution in [0.15, 0.2) is 204 Å². The number of aliphatic hydroxyl groups is 1. The van der Waals surface area contributed by atoms with Crippen LogP contribution in [0.25, 0.3) is 0 Å². The predicted molar refractivity (Wildman–Crippen MR) is 399 cm³/mol. The van der Waals surface area contributed by atoms with Crippen LogP contribution in [-0.2, 0) is 40.7 Å². The number of pyridine rings is 5. The summed E-state index contributed by atoms with van der Waals surface area (Å²) in [6, 6.07) is 44.8. The highest BCUT2D eigenvalue weighted by atomic mass is 79.9. The number of benzene rings is 4. The largest absolute Gasteiger partial charge is 0.465 e. The van der Waals surface area contributed by atoms with Gasteiger partial charge < -0.3 is 14.6 Å². The zero-order chi connectivity index (χ0) is 73.8. The Hall–Kier alpha value is -7.64. The maximum Gasteiger partial charge on any atom is 0.340 e. The molecule has 0 saturated carbocycles. The van der Waals surface area contributed by atoms with Gasteiger partial charge in [0.05, 0.1) is 49.0 Å². The molecule has 522 valence electrons. The van der Waals surface area contributed by atoms with Gasteiger partial charge in [-0.2, -0.15) is 0 Å². The van der Waals surface area contributed by atoms with Crippen molar-refractivity contribution in [2.45, 2.75) is 156 Å². The Balaban J connectivity index is -0.000000242. The maximum atomic E-state index is 13.1. The highest BCUT2D eigenvalue weighted by Crippen LogP contribution is 2.17. The van der Waals surface area contributed by atoms with E-state index < -0.39 is 5.97 Å². The topological polar surface area (TPSA) is 154 Å². The van der Waals surface area contributed by atoms with Crippen LogP contribution in [0.2, 0.25) is 0 Å². The van der Waals surface area contributed by atoms with Crippen LogP contribution in [-0.4, -0.2) is 62.5 Å². The Morgan fingerprint density at radius 2 is 0.758 bits per heavy atom. The minimum Gasteiger partial charge on any atom is -0.465 e. The summed E-state index contributed by atoms with van der Waals surface area (Å²) in [6.07, 6.45) is 10.4. The zero-order valence-electron chi connectivity index (χ0n) is 59.5. The molecule has 1 N–H and O–H groups in total. The molecule has 95 heavy (non-hydrogen) atoms. The molecule has 9 rings (SSSR count). The maximum absolute atomic E-state index is 13.1. The first-order valence-electron chi connectivity index (χ1n) is 32.0. The molecular formula is C77H104Br3F4N5O6. The summed E-state index contributed by atoms with van der Waals surface area (Å²) < 4.78 is 61.9. The van der Waals surface area contributed by atoms with Gasteiger partial charge in [0.1, 0.15) is 32.5 Å². The second-order valence-corrected chi connectivity index (χ2v) is 17.7. The normalized spacial score (nSPS) is 8.55. The lowest BCUT2D eigenvalue weighted by atomic mass is 10.1. The standard InChI is InChI=1S/C14H12FNO2.C13H12FNO.C13H10FNO.C7H6BrF.C7H6BrNO2.C5H4BrN.9C2H6/c1-18-14(17)12-6-3-7-16-13(12)9-10-4-2-5-11(15)8-10;2*14-12-5-1-3-10(7-12)8-13-11(9-16)4-2-6-15-13;8-5-6-2-1-3-7(9)4-6;1-11-7(10)5-3-2-4-9-6(5)8;6-5-3-1-2-4-7-5;9*1-2/h2-8H,9H2,1H3;1-7,16H,8-9H2;1-7,9H,8H2;1-4H,5H2;2-4H,1H3;1-4H;9*1-2H3. The number of halogens is 7. The van der Waals surface area contributed by atoms with Gasteiger partial charge in [0.25, 0.3) is 0 Å². The molecular weight excluding hydrogens is 1410 g/mol. The second-order valence-electron chi connectivity index (χ2n) is 15.6. The number of carbonyl (C=O) groups is 3. The first-order valence-corrected chi connectivity index (χ1v) is 34.7. The van der Waals surface area contributed by atoms with Gasteiger partial charge in [0, 0.05) is 61.1 Å². The van der Waals surface area contributed by atoms with Crippen molar-refractivity contribution < 1.29 is 46.5 Å². The first-order chi connectivity index (χ1) is 46.3. The fourth-order valence-corrected chi connectivity index (χ4v) is 7.52. The number of methoxy groups -OCH3 is 2. The lowest BCUT2D eigenvalue weighted by Gasteiger charge is -2.06. The molecule has 4 aromatic carbocycles. The molecule has 0 unspecified atom stereocenters. The number of nitrogens with zero attached hydrogens (tertiary/aromatic N) is 5. The predicted octanol–water partition coefficient (Wildman–Crippen LogP) is 23.0. The lowest BCUT2D eigenvalue weighted by Crippen LogP contribution is -2.07. The highest BCUT2D eigenvalue weighted by molar-refractivity contribution is 9.10. The quantitative estimate of drug-likeness (QED) is 0.0433. The van der Waals surface area contributed by atoms with E-state index in [4.69, 9.17) is 5.11 Å². The number of carbonyl (C=O) groups excluding carboxylic acids is 3. The number of hydrogen-bond donors (Lipinski definition) is 1. The summed E-state index contributed by atoms with van der Waals surface area (Å²) in [6.45, 7) is 36.0. The summed E-state index contributed by atoms with van der Waals surface area (Å²) in [4.78, 5) is 53.5. The molecule has 0 aliphatic heterocycles. The van der Waals surface area contributed by atoms with E-state index in [1.807, 2.05) is 167 Å². The van der Waals surface area contributed by atoms with Gasteiger partial charge in [-0.15, -0.1) is 0 Å². The Bertz CT molecular complexity index is 3260. The minimum atomic E-state index is -0.436. The third-order valence-corrected chi connectivity index (χ3v) is 11.9. The van der Waals surface area contributed by atoms with Crippen molar-refractivity contribution in [1.82, 2.24) is 24.9 Å². The Kier molecular flexibility index (Phi) is 73.2. The molecule has 9 aromatic rings. The monoisotopic (exact) mass is 1510 g/mol. The van der Waals surface area contributed by atoms with Crippen molar-refractivity contribution in [1.29, 1.82) is 0 Å². The summed E-state index contributed by atoms with van der Waals surface area (Å²) in [5.74, 6) is -1.82. The van der Waals surface area contributed by atoms with Gasteiger partial charge in [-0.05, 0) is 163 Å². The van der Waals surface area contributed by atoms with E-state index in [0.717, 1.165) is 44.4 Å². The SMILES string of the molecule is Brc1ccccn1.CC.CC.CC.CC.CC.CC.CC.CC.CC.COC(=O)c1cccnc1Br.COC(=O)c1cccnc1Cc1cccc(F)c1.Fc1cccc(CBr)c1.O=Cc1cccnc1Cc1cccc(F)c1.OCc1cccnc1Cc1cccc(F)c1. The Morgan fingerprint density at radius 1 is 0.411 bits per heavy atom. The molecule has 0 aliphatic rings. The molecule has 0 radical (unpaired) electrons. The smallest absolute Gasteiger partial charge is 0.340 e. The summed E-state index contributed by atoms with van der Waals surface area (Å²) >= 11 is 9.55. The van der Waals surface area contributed by atoms with Gasteiger partial charge in [0.2, 0.25) is 0 Å². The molecule has 0 amide bonds. The number of rotatable bonds is 11. The van der Waals surface area contributed by atoms with E-state index in [-0.39, 0.29) is 35.8 Å². The number of ether oxygens (including phenoxy) is 2. The second kappa shape index (κ2) is 70.7. The lowest BCUT2D eigenvalue weighted by molar-refractivity contribution is 0.0590. The minimum absolute atomic E-state index is 0.0432. The molecule has 0 fully saturated rings. The molecule has 11 nitrogen and oxygen atoms in total. The fourth-order valence-electron chi connectivity index (χ4n) is 6.49. The average molecular weight is 1510 g/mol. The Labute approximate surface area is 592 Å². The van der Waals surface area contributed by atoms with Gasteiger partial charge in [-0.25, -0.2) is 37.1 Å². The molecule has 0 saturated heterocycles. The molecule has 0 bridgehead atoms. The van der Waals surface area contributed by atoms with E-state index in [2.05, 4.69) is 82.2 Å². The summed E-state index contributed by atoms with van der Waals surface area (Å²) in [7, 11) is 2.66. The van der Waals surface area contributed by atoms with Crippen molar-refractivity contribution in [3.05, 3.63) is 289 Å². The summed E-state index contributed by atoms with van der Waals surface area (Å²) in [5.41, 5.74) is 7.61. The zero-order valence-corrected chi connectivity index (χ0v) is 64.2. The third-order valence-electron chi connectivity index (χ3n) is 10.1. The fraction of sp³-hybridized carbons (Fsp3) is 0.325. The van der Waals surface area contributed by atoms with Crippen LogP contribution in [0.5, 0.6) is 0 Å². The molecule has 18 heteroatoms. The third kappa shape index (κ3) is 47.0. The van der Waals surface area contributed by atoms with Crippen LogP contribution in [0.1, 0.15) is 201 Å². The number of esters is 2. The van der Waals surface area contributed by atoms with Gasteiger partial charge in [-0.1, -0.05) is 201 Å². The number of aliphatic hydroxyl groups excluding tert-OH is 1. The van der Waals surface area contributed by atoms with Crippen LogP contribution >= 0.6 is 47.8 Å². The van der Waals surface area contributed by atoms with Crippen LogP contribution in [0.3, 0.4) is 0 Å². The Morgan fingerprint density at radius 3 is 1.12 bits per heavy atom. The van der Waals surface area contributed by atoms with E-state index in [1.54, 1.807) is 104 Å². The molecule has 5 heterocycles. The van der Waals surface area contributed by atoms with Crippen molar-refractivity contribution in [3.63, 3.8) is 0 Å². The number of aldehydes is 1. The molecule has 5 aromatic heterocycles. The van der Waals surface area contributed by atoms with E-state index in [1.165, 1.54) is 62.8 Å². The van der Waals surface area contributed by atoms with Crippen LogP contribution in [0, 0.1) is 23.3 Å². The van der Waals surface area contributed by atoms with Gasteiger partial charge >= 0.3 is 11.9 Å². The molecule has 0 aliphatic carbocycles. The number of aromatic nitrogens is 5. The van der Waals surface area contributed by atoms with Gasteiger partial charge in [-0.3, -0.25) is 19.7 Å². The van der Waals surface area contributed by atoms with E-state index in [9.17, 15) is 31.9 Å². The van der Waals surface area contributed by atoms with Crippen molar-refractivity contribution in [2.24, 2.45) is 0 Å². The van der Waals surface area contributed by atoms with Crippen molar-refractivity contribution in [2.75, 3.05) is 14.2 Å². The first kappa shape index (κ1) is 98.4. The molecule has 0 spiro atoms. The van der Waals surface area contributed by atoms with Crippen molar-refractivity contribution in [3.8, 4) is 0 Å². The number of hydrogen-bond acceptors (Lipinski definition) is 11. The van der Waals surface area contributed by atoms with Gasteiger partial charge in [0.15, 0.2) is 6.29 Å². The van der Waals surface area contributed by atoms with Crippen LogP contribution < -0.4 is 0 Å². The van der Waals surface area contributed by atoms with E-state index >= 15 is 0 Å². The van der Waals surface area contributed by atoms with E-state index in [0.29, 0.717) is 57.3 Å². The summed E-state index contributed by atoms with van der Waals surface area (Å²) in [5, 5.41) is 9.85. The van der Waals surface area contributed by atoms with Crippen molar-refractivity contribution >= 4 is 66.0 Å². The highest BCUT2D eigenvalue weighted by Gasteiger charge is 2.13. The average Bonchev–Trinajstić information content (AvgIpc) is 2.33. The number of alkyl halides is 1.